The second-order valence-corrected chi connectivity index (χ2v) is 12.5. The molecule has 5 rings (SSSR count). The van der Waals surface area contributed by atoms with Crippen molar-refractivity contribution in [2.75, 3.05) is 19.8 Å². The zero-order chi connectivity index (χ0) is 31.1. The van der Waals surface area contributed by atoms with Crippen molar-refractivity contribution < 1.29 is 37.2 Å². The molecule has 10 nitrogen and oxygen atoms in total. The molecule has 0 N–H and O–H groups in total. The van der Waals surface area contributed by atoms with Gasteiger partial charge in [0.1, 0.15) is 28.5 Å². The number of para-hydroxylation sites is 1. The van der Waals surface area contributed by atoms with Gasteiger partial charge in [0.15, 0.2) is 17.8 Å². The summed E-state index contributed by atoms with van der Waals surface area (Å²) >= 11 is 1.31. The van der Waals surface area contributed by atoms with E-state index in [2.05, 4.69) is 4.99 Å². The number of phosphoric acid groups is 1. The molecule has 0 radical (unpaired) electrons. The summed E-state index contributed by atoms with van der Waals surface area (Å²) in [5.41, 5.74) is 1.25. The van der Waals surface area contributed by atoms with Gasteiger partial charge >= 0.3 is 13.8 Å². The van der Waals surface area contributed by atoms with Crippen LogP contribution >= 0.6 is 19.6 Å². The van der Waals surface area contributed by atoms with Crippen LogP contribution in [0.1, 0.15) is 38.0 Å². The number of ether oxygens (including phenoxy) is 2. The second kappa shape index (κ2) is 14.3. The van der Waals surface area contributed by atoms with E-state index in [4.69, 9.17) is 23.0 Å². The SMILES string of the molecule is CCOP(=O)(OCC)OC(C)=C(C(=O)OC(c1ccccc1)c1ccccc1)N1C(=O)C2N=C(COc3ccccc3)SC21. The number of carbonyl (C=O) groups excluding carboxylic acids is 2. The van der Waals surface area contributed by atoms with Crippen molar-refractivity contribution in [3.8, 4) is 5.75 Å². The van der Waals surface area contributed by atoms with Gasteiger partial charge in [-0.1, -0.05) is 90.6 Å². The molecule has 0 aromatic heterocycles. The minimum atomic E-state index is -4.11. The summed E-state index contributed by atoms with van der Waals surface area (Å²) < 4.78 is 41.6. The molecule has 1 saturated heterocycles. The Morgan fingerprint density at radius 2 is 1.45 bits per heavy atom. The summed E-state index contributed by atoms with van der Waals surface area (Å²) in [5.74, 6) is -0.740. The number of esters is 1. The van der Waals surface area contributed by atoms with Crippen LogP contribution in [0.4, 0.5) is 0 Å². The van der Waals surface area contributed by atoms with E-state index >= 15 is 0 Å². The molecule has 1 fully saturated rings. The molecular weight excluding hydrogens is 603 g/mol. The van der Waals surface area contributed by atoms with Crippen LogP contribution in [0.2, 0.25) is 0 Å². The van der Waals surface area contributed by atoms with E-state index in [1.165, 1.54) is 23.6 Å². The molecule has 0 spiro atoms. The Morgan fingerprint density at radius 3 is 2.00 bits per heavy atom. The molecule has 3 aromatic rings. The molecular formula is C32H33N2O8PS. The first-order valence-electron chi connectivity index (χ1n) is 14.2. The van der Waals surface area contributed by atoms with Crippen LogP contribution in [0.15, 0.2) is 107 Å². The molecule has 12 heteroatoms. The lowest BCUT2D eigenvalue weighted by Crippen LogP contribution is -2.61. The Hall–Kier alpha value is -3.89. The van der Waals surface area contributed by atoms with Crippen molar-refractivity contribution in [2.24, 2.45) is 4.99 Å². The summed E-state index contributed by atoms with van der Waals surface area (Å²) in [7, 11) is -4.11. The number of β-lactam (4-membered cyclic amide) rings is 1. The van der Waals surface area contributed by atoms with Gasteiger partial charge in [-0.2, -0.15) is 0 Å². The number of amides is 1. The van der Waals surface area contributed by atoms with Crippen molar-refractivity contribution in [3.05, 3.63) is 114 Å². The Balaban J connectivity index is 1.45. The van der Waals surface area contributed by atoms with Crippen LogP contribution in [0.3, 0.4) is 0 Å². The maximum absolute atomic E-state index is 14.1. The number of fused-ring (bicyclic) bond motifs is 1. The van der Waals surface area contributed by atoms with Gasteiger partial charge in [-0.15, -0.1) is 0 Å². The predicted molar refractivity (Wildman–Crippen MR) is 167 cm³/mol. The third-order valence-electron chi connectivity index (χ3n) is 6.68. The highest BCUT2D eigenvalue weighted by atomic mass is 32.2. The zero-order valence-corrected chi connectivity index (χ0v) is 26.2. The van der Waals surface area contributed by atoms with Crippen molar-refractivity contribution in [3.63, 3.8) is 0 Å². The predicted octanol–water partition coefficient (Wildman–Crippen LogP) is 6.51. The molecule has 0 aliphatic carbocycles. The lowest BCUT2D eigenvalue weighted by atomic mass is 10.0. The van der Waals surface area contributed by atoms with E-state index in [9.17, 15) is 14.2 Å². The van der Waals surface area contributed by atoms with Gasteiger partial charge < -0.3 is 14.0 Å². The molecule has 2 unspecified atom stereocenters. The lowest BCUT2D eigenvalue weighted by Gasteiger charge is -2.42. The summed E-state index contributed by atoms with van der Waals surface area (Å²) in [4.78, 5) is 33.4. The number of hydrogen-bond acceptors (Lipinski definition) is 10. The van der Waals surface area contributed by atoms with Gasteiger partial charge in [-0.05, 0) is 44.0 Å². The molecule has 2 aliphatic rings. The van der Waals surface area contributed by atoms with Gasteiger partial charge in [-0.25, -0.2) is 9.36 Å². The highest BCUT2D eigenvalue weighted by Crippen LogP contribution is 2.52. The van der Waals surface area contributed by atoms with E-state index in [0.29, 0.717) is 10.8 Å². The van der Waals surface area contributed by atoms with E-state index in [1.54, 1.807) is 13.8 Å². The van der Waals surface area contributed by atoms with Crippen molar-refractivity contribution in [1.82, 2.24) is 4.90 Å². The van der Waals surface area contributed by atoms with E-state index < -0.39 is 37.2 Å². The smallest absolute Gasteiger partial charge is 0.487 e. The average Bonchev–Trinajstić information content (AvgIpc) is 3.42. The molecule has 1 amide bonds. The third-order valence-corrected chi connectivity index (χ3v) is 9.53. The summed E-state index contributed by atoms with van der Waals surface area (Å²) in [6.45, 7) is 4.95. The largest absolute Gasteiger partial charge is 0.529 e. The number of thioether (sulfide) groups is 1. The molecule has 2 aliphatic heterocycles. The summed E-state index contributed by atoms with van der Waals surface area (Å²) in [6, 6.07) is 27.1. The fraction of sp³-hybridized carbons (Fsp3) is 0.281. The van der Waals surface area contributed by atoms with Gasteiger partial charge in [0.2, 0.25) is 0 Å². The van der Waals surface area contributed by atoms with E-state index in [-0.39, 0.29) is 31.3 Å². The molecule has 44 heavy (non-hydrogen) atoms. The van der Waals surface area contributed by atoms with Crippen molar-refractivity contribution in [2.45, 2.75) is 38.3 Å². The molecule has 2 atom stereocenters. The number of phosphoric ester groups is 1. The number of likely N-dealkylation sites (tertiary alicyclic amines) is 1. The van der Waals surface area contributed by atoms with Crippen LogP contribution in [-0.4, -0.2) is 53.1 Å². The standard InChI is InChI=1S/C32H33N2O8PS/c1-4-39-43(37,40-5-2)42-22(3)28(32(36)41-29(23-15-9-6-10-16-23)24-17-11-7-12-18-24)34-30(35)27-31(34)44-26(33-27)21-38-25-19-13-8-14-20-25/h6-20,27,29,31H,4-5,21H2,1-3H3. The molecule has 0 bridgehead atoms. The first-order chi connectivity index (χ1) is 21.3. The number of hydrogen-bond donors (Lipinski definition) is 0. The maximum Gasteiger partial charge on any atom is 0.529 e. The fourth-order valence-electron chi connectivity index (χ4n) is 4.76. The second-order valence-electron chi connectivity index (χ2n) is 9.67. The van der Waals surface area contributed by atoms with Gasteiger partial charge in [-0.3, -0.25) is 23.7 Å². The van der Waals surface area contributed by atoms with Gasteiger partial charge in [0.25, 0.3) is 5.91 Å². The molecule has 3 aromatic carbocycles. The number of nitrogens with zero attached hydrogens (tertiary/aromatic N) is 2. The van der Waals surface area contributed by atoms with E-state index in [0.717, 1.165) is 11.1 Å². The molecule has 2 heterocycles. The zero-order valence-electron chi connectivity index (χ0n) is 24.5. The minimum Gasteiger partial charge on any atom is -0.487 e. The Labute approximate surface area is 260 Å². The molecule has 230 valence electrons. The van der Waals surface area contributed by atoms with Crippen LogP contribution in [0.5, 0.6) is 5.75 Å². The van der Waals surface area contributed by atoms with Crippen LogP contribution in [0.25, 0.3) is 0 Å². The number of allylic oxidation sites excluding steroid dienone is 1. The topological polar surface area (TPSA) is 113 Å². The number of carbonyl (C=O) groups is 2. The van der Waals surface area contributed by atoms with Crippen LogP contribution < -0.4 is 4.74 Å². The Kier molecular flexibility index (Phi) is 10.2. The first kappa shape index (κ1) is 31.5. The minimum absolute atomic E-state index is 0.0379. The summed E-state index contributed by atoms with van der Waals surface area (Å²) in [6.07, 6.45) is -0.798. The fourth-order valence-corrected chi connectivity index (χ4v) is 7.19. The maximum atomic E-state index is 14.1. The van der Waals surface area contributed by atoms with Gasteiger partial charge in [0, 0.05) is 0 Å². The number of benzene rings is 3. The van der Waals surface area contributed by atoms with Gasteiger partial charge in [0.05, 0.1) is 13.2 Å². The number of aliphatic imine (C=N–C) groups is 1. The lowest BCUT2D eigenvalue weighted by molar-refractivity contribution is -0.153. The van der Waals surface area contributed by atoms with Crippen molar-refractivity contribution in [1.29, 1.82) is 0 Å². The van der Waals surface area contributed by atoms with E-state index in [1.807, 2.05) is 91.0 Å². The highest BCUT2D eigenvalue weighted by molar-refractivity contribution is 8.15. The molecule has 0 saturated carbocycles. The Morgan fingerprint density at radius 1 is 0.909 bits per heavy atom. The average molecular weight is 637 g/mol. The quantitative estimate of drug-likeness (QED) is 0.0643. The third kappa shape index (κ3) is 7.08. The highest BCUT2D eigenvalue weighted by Gasteiger charge is 2.56. The van der Waals surface area contributed by atoms with Crippen molar-refractivity contribution >= 4 is 36.5 Å². The Bertz CT molecular complexity index is 1520. The number of rotatable bonds is 14. The van der Waals surface area contributed by atoms with Crippen LogP contribution in [0, 0.1) is 0 Å². The normalized spacial score (nSPS) is 18.2. The first-order valence-corrected chi connectivity index (χ1v) is 16.5. The summed E-state index contributed by atoms with van der Waals surface area (Å²) in [5, 5.41) is 0.0511. The van der Waals surface area contributed by atoms with Crippen LogP contribution in [-0.2, 0) is 32.5 Å². The monoisotopic (exact) mass is 636 g/mol.